The largest absolute Gasteiger partial charge is 0.422 e. The number of hydrogen-bond donors (Lipinski definition) is 0. The van der Waals surface area contributed by atoms with Gasteiger partial charge in [0.15, 0.2) is 0 Å². The molecule has 102 valence electrons. The smallest absolute Gasteiger partial charge is 0.344 e. The maximum Gasteiger partial charge on any atom is 0.344 e. The Balaban J connectivity index is 2.32. The van der Waals surface area contributed by atoms with Crippen LogP contribution in [0.4, 0.5) is 0 Å². The van der Waals surface area contributed by atoms with E-state index in [0.29, 0.717) is 11.0 Å². The van der Waals surface area contributed by atoms with Crippen molar-refractivity contribution in [1.82, 2.24) is 4.90 Å². The zero-order chi connectivity index (χ0) is 14.3. The summed E-state index contributed by atoms with van der Waals surface area (Å²) in [6.45, 7) is 2.80. The molecule has 0 atom stereocenters. The van der Waals surface area contributed by atoms with Crippen molar-refractivity contribution in [2.75, 3.05) is 14.1 Å². The zero-order valence-corrected chi connectivity index (χ0v) is 11.9. The minimum atomic E-state index is -0.265. The third-order valence-corrected chi connectivity index (χ3v) is 3.43. The molecule has 0 radical (unpaired) electrons. The van der Waals surface area contributed by atoms with Gasteiger partial charge in [-0.2, -0.15) is 0 Å². The van der Waals surface area contributed by atoms with E-state index >= 15 is 0 Å². The normalized spacial score (nSPS) is 11.6. The van der Waals surface area contributed by atoms with Gasteiger partial charge in [0.25, 0.3) is 0 Å². The van der Waals surface area contributed by atoms with E-state index in [1.54, 1.807) is 0 Å². The lowest BCUT2D eigenvalue weighted by molar-refractivity contribution is 0.402. The zero-order valence-electron chi connectivity index (χ0n) is 11.9. The fraction of sp³-hybridized carbons (Fsp3) is 0.235. The van der Waals surface area contributed by atoms with Crippen LogP contribution in [0.3, 0.4) is 0 Å². The van der Waals surface area contributed by atoms with Crippen molar-refractivity contribution in [2.24, 2.45) is 0 Å². The van der Waals surface area contributed by atoms with Crippen molar-refractivity contribution in [3.05, 3.63) is 57.9 Å². The van der Waals surface area contributed by atoms with Gasteiger partial charge in [-0.25, -0.2) is 4.79 Å². The molecule has 0 aliphatic carbocycles. The predicted octanol–water partition coefficient (Wildman–Crippen LogP) is 3.32. The molecule has 0 spiro atoms. The van der Waals surface area contributed by atoms with Crippen molar-refractivity contribution in [2.45, 2.75) is 13.5 Å². The standard InChI is InChI=1S/C17H17NO2/c1-11-4-6-14-13-7-5-12(10-18(2)3)9-15(13)17(19)20-16(14)8-11/h4-9H,10H2,1-3H3. The number of nitrogens with zero attached hydrogens (tertiary/aromatic N) is 1. The van der Waals surface area contributed by atoms with E-state index in [0.717, 1.165) is 28.4 Å². The Hall–Kier alpha value is -2.13. The summed E-state index contributed by atoms with van der Waals surface area (Å²) < 4.78 is 5.45. The van der Waals surface area contributed by atoms with Gasteiger partial charge in [0.1, 0.15) is 5.58 Å². The van der Waals surface area contributed by atoms with Crippen LogP contribution < -0.4 is 5.63 Å². The van der Waals surface area contributed by atoms with Crippen LogP contribution in [-0.4, -0.2) is 19.0 Å². The van der Waals surface area contributed by atoms with Gasteiger partial charge >= 0.3 is 5.63 Å². The molecular weight excluding hydrogens is 250 g/mol. The predicted molar refractivity (Wildman–Crippen MR) is 82.1 cm³/mol. The molecule has 3 nitrogen and oxygen atoms in total. The minimum absolute atomic E-state index is 0.265. The first-order valence-corrected chi connectivity index (χ1v) is 6.65. The topological polar surface area (TPSA) is 33.5 Å². The molecule has 1 aromatic heterocycles. The Bertz CT molecular complexity index is 847. The molecule has 0 bridgehead atoms. The molecule has 0 amide bonds. The molecule has 0 unspecified atom stereocenters. The lowest BCUT2D eigenvalue weighted by Crippen LogP contribution is -2.11. The number of aryl methyl sites for hydroxylation is 1. The maximum absolute atomic E-state index is 12.2. The van der Waals surface area contributed by atoms with Crippen molar-refractivity contribution in [3.63, 3.8) is 0 Å². The SMILES string of the molecule is Cc1ccc2c(c1)oc(=O)c1cc(CN(C)C)ccc12. The molecule has 0 saturated heterocycles. The summed E-state index contributed by atoms with van der Waals surface area (Å²) in [6.07, 6.45) is 0. The Morgan fingerprint density at radius 2 is 1.75 bits per heavy atom. The summed E-state index contributed by atoms with van der Waals surface area (Å²) in [4.78, 5) is 14.2. The van der Waals surface area contributed by atoms with Crippen LogP contribution in [0.25, 0.3) is 21.7 Å². The van der Waals surface area contributed by atoms with Gasteiger partial charge in [0.2, 0.25) is 0 Å². The van der Waals surface area contributed by atoms with Gasteiger partial charge in [-0.3, -0.25) is 0 Å². The molecule has 3 heteroatoms. The molecule has 1 heterocycles. The molecule has 0 saturated carbocycles. The molecule has 2 aromatic carbocycles. The molecule has 0 N–H and O–H groups in total. The third-order valence-electron chi connectivity index (χ3n) is 3.43. The fourth-order valence-electron chi connectivity index (χ4n) is 2.55. The van der Waals surface area contributed by atoms with Gasteiger partial charge in [0.05, 0.1) is 5.39 Å². The van der Waals surface area contributed by atoms with Crippen molar-refractivity contribution < 1.29 is 4.42 Å². The summed E-state index contributed by atoms with van der Waals surface area (Å²) in [5.41, 5.74) is 2.59. The van der Waals surface area contributed by atoms with E-state index in [4.69, 9.17) is 4.42 Å². The monoisotopic (exact) mass is 267 g/mol. The van der Waals surface area contributed by atoms with Crippen LogP contribution in [0.15, 0.2) is 45.6 Å². The molecule has 0 fully saturated rings. The van der Waals surface area contributed by atoms with Crippen molar-refractivity contribution >= 4 is 21.7 Å². The summed E-state index contributed by atoms with van der Waals surface area (Å²) in [5.74, 6) is 0. The second-order valence-corrected chi connectivity index (χ2v) is 5.51. The van der Waals surface area contributed by atoms with Gasteiger partial charge in [0, 0.05) is 11.9 Å². The number of rotatable bonds is 2. The molecule has 20 heavy (non-hydrogen) atoms. The molecule has 0 aliphatic heterocycles. The van der Waals surface area contributed by atoms with Crippen LogP contribution in [-0.2, 0) is 6.54 Å². The Morgan fingerprint density at radius 3 is 2.50 bits per heavy atom. The molecule has 3 aromatic rings. The van der Waals surface area contributed by atoms with Crippen molar-refractivity contribution in [1.29, 1.82) is 0 Å². The van der Waals surface area contributed by atoms with E-state index in [1.807, 2.05) is 51.4 Å². The average Bonchev–Trinajstić information content (AvgIpc) is 2.38. The summed E-state index contributed by atoms with van der Waals surface area (Å²) in [6, 6.07) is 12.0. The first-order chi connectivity index (χ1) is 9.54. The van der Waals surface area contributed by atoms with E-state index in [-0.39, 0.29) is 5.63 Å². The highest BCUT2D eigenvalue weighted by Crippen LogP contribution is 2.24. The van der Waals surface area contributed by atoms with Crippen LogP contribution in [0.5, 0.6) is 0 Å². The molecule has 3 rings (SSSR count). The molecular formula is C17H17NO2. The van der Waals surface area contributed by atoms with Crippen LogP contribution in [0.1, 0.15) is 11.1 Å². The van der Waals surface area contributed by atoms with Gasteiger partial charge in [-0.1, -0.05) is 24.3 Å². The Labute approximate surface area is 117 Å². The Kier molecular flexibility index (Phi) is 3.07. The first-order valence-electron chi connectivity index (χ1n) is 6.65. The van der Waals surface area contributed by atoms with E-state index in [2.05, 4.69) is 11.0 Å². The van der Waals surface area contributed by atoms with E-state index in [1.165, 1.54) is 0 Å². The lowest BCUT2D eigenvalue weighted by atomic mass is 10.0. The van der Waals surface area contributed by atoms with Gasteiger partial charge < -0.3 is 9.32 Å². The average molecular weight is 267 g/mol. The highest BCUT2D eigenvalue weighted by molar-refractivity contribution is 6.04. The summed E-state index contributed by atoms with van der Waals surface area (Å²) in [5, 5.41) is 2.60. The summed E-state index contributed by atoms with van der Waals surface area (Å²) in [7, 11) is 4.02. The first kappa shape index (κ1) is 12.9. The van der Waals surface area contributed by atoms with Crippen molar-refractivity contribution in [3.8, 4) is 0 Å². The van der Waals surface area contributed by atoms with Crippen LogP contribution in [0, 0.1) is 6.92 Å². The van der Waals surface area contributed by atoms with Gasteiger partial charge in [-0.15, -0.1) is 0 Å². The van der Waals surface area contributed by atoms with Crippen LogP contribution in [0.2, 0.25) is 0 Å². The quantitative estimate of drug-likeness (QED) is 0.527. The van der Waals surface area contributed by atoms with E-state index in [9.17, 15) is 4.79 Å². The number of hydrogen-bond acceptors (Lipinski definition) is 3. The number of benzene rings is 2. The fourth-order valence-corrected chi connectivity index (χ4v) is 2.55. The Morgan fingerprint density at radius 1 is 1.00 bits per heavy atom. The van der Waals surface area contributed by atoms with Crippen LogP contribution >= 0.6 is 0 Å². The van der Waals surface area contributed by atoms with E-state index < -0.39 is 0 Å². The molecule has 0 aliphatic rings. The lowest BCUT2D eigenvalue weighted by Gasteiger charge is -2.10. The van der Waals surface area contributed by atoms with Gasteiger partial charge in [-0.05, 0) is 49.7 Å². The third kappa shape index (κ3) is 2.21. The minimum Gasteiger partial charge on any atom is -0.422 e. The summed E-state index contributed by atoms with van der Waals surface area (Å²) >= 11 is 0. The highest BCUT2D eigenvalue weighted by Gasteiger charge is 2.08. The maximum atomic E-state index is 12.2. The number of fused-ring (bicyclic) bond motifs is 3. The second kappa shape index (κ2) is 4.76. The second-order valence-electron chi connectivity index (χ2n) is 5.51. The highest BCUT2D eigenvalue weighted by atomic mass is 16.4.